The van der Waals surface area contributed by atoms with Crippen LogP contribution in [0.1, 0.15) is 33.6 Å². The molecule has 0 rings (SSSR count). The SMILES string of the molecule is [B]NC(=O)CN(CCCC(=O)C(C)(C)C)CCN(CC(=O)N[B])CC(=O)N[B]. The van der Waals surface area contributed by atoms with Crippen molar-refractivity contribution >= 4 is 47.4 Å². The lowest BCUT2D eigenvalue weighted by atomic mass is 9.88. The van der Waals surface area contributed by atoms with Gasteiger partial charge in [-0.15, -0.1) is 0 Å². The number of hydrogen-bond donors (Lipinski definition) is 3. The van der Waals surface area contributed by atoms with Gasteiger partial charge < -0.3 is 15.7 Å². The molecule has 0 aromatic carbocycles. The van der Waals surface area contributed by atoms with Crippen LogP contribution in [0.5, 0.6) is 0 Å². The summed E-state index contributed by atoms with van der Waals surface area (Å²) < 4.78 is 0. The van der Waals surface area contributed by atoms with E-state index in [-0.39, 0.29) is 31.3 Å². The van der Waals surface area contributed by atoms with Crippen molar-refractivity contribution in [1.29, 1.82) is 0 Å². The molecule has 0 aliphatic rings. The molecule has 0 saturated carbocycles. The van der Waals surface area contributed by atoms with E-state index in [0.29, 0.717) is 32.5 Å². The Morgan fingerprint density at radius 2 is 1.11 bits per heavy atom. The molecule has 0 aliphatic carbocycles. The number of carbonyl (C=O) groups excluding carboxylic acids is 4. The first-order chi connectivity index (χ1) is 13.0. The summed E-state index contributed by atoms with van der Waals surface area (Å²) in [7, 11) is 15.3. The van der Waals surface area contributed by atoms with Crippen molar-refractivity contribution in [3.8, 4) is 0 Å². The molecule has 0 saturated heterocycles. The molecule has 0 bridgehead atoms. The maximum absolute atomic E-state index is 12.1. The van der Waals surface area contributed by atoms with Gasteiger partial charge in [0.2, 0.25) is 41.7 Å². The van der Waals surface area contributed by atoms with Gasteiger partial charge in [0, 0.05) is 24.9 Å². The number of nitrogens with zero attached hydrogens (tertiary/aromatic N) is 2. The third-order valence-electron chi connectivity index (χ3n) is 4.03. The van der Waals surface area contributed by atoms with E-state index in [9.17, 15) is 19.2 Å². The molecule has 0 unspecified atom stereocenters. The molecular weight excluding hydrogens is 359 g/mol. The Labute approximate surface area is 171 Å². The van der Waals surface area contributed by atoms with Crippen LogP contribution in [-0.4, -0.2) is 96.5 Å². The molecule has 9 nitrogen and oxygen atoms in total. The average Bonchev–Trinajstić information content (AvgIpc) is 2.64. The van der Waals surface area contributed by atoms with E-state index in [4.69, 9.17) is 23.9 Å². The van der Waals surface area contributed by atoms with Crippen LogP contribution in [0.4, 0.5) is 0 Å². The van der Waals surface area contributed by atoms with E-state index in [0.717, 1.165) is 0 Å². The highest BCUT2D eigenvalue weighted by atomic mass is 16.2. The van der Waals surface area contributed by atoms with Crippen molar-refractivity contribution in [2.24, 2.45) is 5.41 Å². The van der Waals surface area contributed by atoms with E-state index in [1.54, 1.807) is 4.90 Å². The average molecular weight is 387 g/mol. The summed E-state index contributed by atoms with van der Waals surface area (Å²) in [6, 6.07) is 0. The van der Waals surface area contributed by atoms with Gasteiger partial charge in [-0.05, 0) is 13.0 Å². The number of carbonyl (C=O) groups is 4. The second-order valence-electron chi connectivity index (χ2n) is 7.47. The van der Waals surface area contributed by atoms with Crippen LogP contribution in [0.25, 0.3) is 0 Å². The standard InChI is InChI=1S/C16H28B3N5O4/c1-16(2,3)12(25)5-4-6-23(9-13(26)20-17)7-8-24(10-14(27)21-18)11-15(28)22-19/h4-11H2,1-3H3,(H,20,26)(H,21,27)(H,22,28). The molecule has 150 valence electrons. The molecule has 0 aromatic heterocycles. The summed E-state index contributed by atoms with van der Waals surface area (Å²) in [4.78, 5) is 50.1. The van der Waals surface area contributed by atoms with E-state index in [2.05, 4.69) is 5.23 Å². The van der Waals surface area contributed by atoms with Crippen molar-refractivity contribution in [1.82, 2.24) is 25.5 Å². The van der Waals surface area contributed by atoms with Crippen LogP contribution in [0, 0.1) is 5.41 Å². The fourth-order valence-electron chi connectivity index (χ4n) is 2.35. The van der Waals surface area contributed by atoms with Crippen molar-refractivity contribution in [2.75, 3.05) is 39.3 Å². The van der Waals surface area contributed by atoms with Gasteiger partial charge in [0.05, 0.1) is 19.6 Å². The molecule has 12 heteroatoms. The molecule has 3 N–H and O–H groups in total. The lowest BCUT2D eigenvalue weighted by Gasteiger charge is -2.27. The Balaban J connectivity index is 4.83. The first kappa shape index (κ1) is 26.2. The third-order valence-corrected chi connectivity index (χ3v) is 4.03. The normalized spacial score (nSPS) is 11.3. The first-order valence-electron chi connectivity index (χ1n) is 8.99. The second kappa shape index (κ2) is 13.4. The summed E-state index contributed by atoms with van der Waals surface area (Å²) in [6.45, 7) is 6.54. The quantitative estimate of drug-likeness (QED) is 0.304. The smallest absolute Gasteiger partial charge is 0.226 e. The Morgan fingerprint density at radius 1 is 0.714 bits per heavy atom. The summed E-state index contributed by atoms with van der Waals surface area (Å²) >= 11 is 0. The zero-order chi connectivity index (χ0) is 21.7. The van der Waals surface area contributed by atoms with Crippen molar-refractivity contribution in [3.05, 3.63) is 0 Å². The van der Waals surface area contributed by atoms with Crippen molar-refractivity contribution in [2.45, 2.75) is 33.6 Å². The van der Waals surface area contributed by atoms with Crippen LogP contribution in [0.15, 0.2) is 0 Å². The minimum Gasteiger partial charge on any atom is -0.408 e. The maximum Gasteiger partial charge on any atom is 0.226 e. The van der Waals surface area contributed by atoms with E-state index < -0.39 is 17.2 Å². The van der Waals surface area contributed by atoms with E-state index in [1.165, 1.54) is 4.90 Å². The number of hydrogen-bond acceptors (Lipinski definition) is 6. The number of amides is 3. The summed E-state index contributed by atoms with van der Waals surface area (Å²) in [5.74, 6) is -1.18. The molecule has 28 heavy (non-hydrogen) atoms. The topological polar surface area (TPSA) is 111 Å². The molecule has 0 heterocycles. The summed E-state index contributed by atoms with van der Waals surface area (Å²) in [5, 5.41) is 6.07. The molecule has 0 aromatic rings. The predicted molar refractivity (Wildman–Crippen MR) is 108 cm³/mol. The van der Waals surface area contributed by atoms with Gasteiger partial charge in [-0.1, -0.05) is 20.8 Å². The Morgan fingerprint density at radius 3 is 1.50 bits per heavy atom. The zero-order valence-electron chi connectivity index (χ0n) is 16.9. The van der Waals surface area contributed by atoms with Gasteiger partial charge in [0.15, 0.2) is 0 Å². The monoisotopic (exact) mass is 387 g/mol. The van der Waals surface area contributed by atoms with Crippen molar-refractivity contribution in [3.63, 3.8) is 0 Å². The van der Waals surface area contributed by atoms with Gasteiger partial charge in [0.25, 0.3) is 0 Å². The van der Waals surface area contributed by atoms with Gasteiger partial charge in [-0.2, -0.15) is 0 Å². The Bertz CT molecular complexity index is 525. The number of rotatable bonds is 13. The lowest BCUT2D eigenvalue weighted by Crippen LogP contribution is -2.46. The molecular formula is C16H28B3N5O4. The van der Waals surface area contributed by atoms with E-state index >= 15 is 0 Å². The Kier molecular flexibility index (Phi) is 12.5. The maximum atomic E-state index is 12.1. The number of ketones is 1. The second-order valence-corrected chi connectivity index (χ2v) is 7.47. The van der Waals surface area contributed by atoms with Crippen LogP contribution in [0.2, 0.25) is 0 Å². The molecule has 3 amide bonds. The Hall–Kier alpha value is -1.81. The predicted octanol–water partition coefficient (Wildman–Crippen LogP) is -2.42. The largest absolute Gasteiger partial charge is 0.408 e. The highest BCUT2D eigenvalue weighted by Crippen LogP contribution is 2.17. The third kappa shape index (κ3) is 11.8. The van der Waals surface area contributed by atoms with Gasteiger partial charge in [-0.3, -0.25) is 29.0 Å². The molecule has 0 spiro atoms. The van der Waals surface area contributed by atoms with Crippen molar-refractivity contribution < 1.29 is 19.2 Å². The lowest BCUT2D eigenvalue weighted by molar-refractivity contribution is -0.127. The fourth-order valence-corrected chi connectivity index (χ4v) is 2.35. The highest BCUT2D eigenvalue weighted by molar-refractivity contribution is 6.15. The minimum atomic E-state index is -0.466. The van der Waals surface area contributed by atoms with E-state index in [1.807, 2.05) is 31.2 Å². The van der Waals surface area contributed by atoms with Crippen LogP contribution in [0.3, 0.4) is 0 Å². The molecule has 0 aliphatic heterocycles. The van der Waals surface area contributed by atoms with Gasteiger partial charge >= 0.3 is 0 Å². The molecule has 0 fully saturated rings. The molecule has 6 radical (unpaired) electrons. The van der Waals surface area contributed by atoms with Gasteiger partial charge in [0.1, 0.15) is 5.78 Å². The fraction of sp³-hybridized carbons (Fsp3) is 0.750. The number of nitrogens with one attached hydrogen (secondary N) is 3. The van der Waals surface area contributed by atoms with Gasteiger partial charge in [-0.25, -0.2) is 0 Å². The molecule has 0 atom stereocenters. The highest BCUT2D eigenvalue weighted by Gasteiger charge is 2.21. The summed E-state index contributed by atoms with van der Waals surface area (Å²) in [6.07, 6.45) is 0.958. The van der Waals surface area contributed by atoms with Crippen LogP contribution >= 0.6 is 0 Å². The van der Waals surface area contributed by atoms with Crippen LogP contribution in [-0.2, 0) is 19.2 Å². The summed E-state index contributed by atoms with van der Waals surface area (Å²) in [5.41, 5.74) is -0.415. The minimum absolute atomic E-state index is 0.0280. The first-order valence-corrected chi connectivity index (χ1v) is 8.99. The number of Topliss-reactive ketones (excluding diaryl/α,β-unsaturated/α-hetero) is 1. The van der Waals surface area contributed by atoms with Crippen LogP contribution < -0.4 is 15.7 Å². The zero-order valence-corrected chi connectivity index (χ0v) is 16.9.